The van der Waals surface area contributed by atoms with Crippen LogP contribution < -0.4 is 15.8 Å². The molecule has 0 radical (unpaired) electrons. The van der Waals surface area contributed by atoms with E-state index in [-0.39, 0.29) is 24.3 Å². The smallest absolute Gasteiger partial charge is 0.180 e. The number of anilines is 1. The van der Waals surface area contributed by atoms with Crippen molar-refractivity contribution in [2.45, 2.75) is 19.5 Å². The highest BCUT2D eigenvalue weighted by atomic mass is 35.5. The summed E-state index contributed by atoms with van der Waals surface area (Å²) >= 11 is 1.44. The van der Waals surface area contributed by atoms with Crippen molar-refractivity contribution in [3.8, 4) is 5.75 Å². The normalized spacial score (nSPS) is 11.8. The van der Waals surface area contributed by atoms with Crippen LogP contribution in [0.4, 0.5) is 9.52 Å². The third-order valence-corrected chi connectivity index (χ3v) is 3.64. The van der Waals surface area contributed by atoms with Crippen LogP contribution in [-0.2, 0) is 6.54 Å². The van der Waals surface area contributed by atoms with Gasteiger partial charge < -0.3 is 15.8 Å². The quantitative estimate of drug-likeness (QED) is 0.889. The second-order valence-electron chi connectivity index (χ2n) is 4.15. The number of methoxy groups -OCH3 is 1. The molecule has 0 aliphatic carbocycles. The van der Waals surface area contributed by atoms with Gasteiger partial charge in [0, 0.05) is 29.2 Å². The lowest BCUT2D eigenvalue weighted by atomic mass is 10.1. The Morgan fingerprint density at radius 3 is 2.85 bits per heavy atom. The SMILES string of the molecule is COc1ccc(F)cc1C(C)NCc1cnc(N)s1.Cl. The van der Waals surface area contributed by atoms with Gasteiger partial charge in [-0.25, -0.2) is 9.37 Å². The monoisotopic (exact) mass is 317 g/mol. The van der Waals surface area contributed by atoms with E-state index in [1.807, 2.05) is 6.92 Å². The fraction of sp³-hybridized carbons (Fsp3) is 0.308. The molecular weight excluding hydrogens is 301 g/mol. The van der Waals surface area contributed by atoms with Gasteiger partial charge in [0.1, 0.15) is 11.6 Å². The Morgan fingerprint density at radius 1 is 1.50 bits per heavy atom. The third-order valence-electron chi connectivity index (χ3n) is 2.81. The van der Waals surface area contributed by atoms with E-state index in [0.717, 1.165) is 10.4 Å². The Kier molecular flexibility index (Phi) is 6.19. The molecule has 0 spiro atoms. The molecule has 1 atom stereocenters. The summed E-state index contributed by atoms with van der Waals surface area (Å²) in [6, 6.07) is 4.47. The number of rotatable bonds is 5. The van der Waals surface area contributed by atoms with Crippen molar-refractivity contribution < 1.29 is 9.13 Å². The zero-order valence-electron chi connectivity index (χ0n) is 11.2. The summed E-state index contributed by atoms with van der Waals surface area (Å²) in [5.41, 5.74) is 6.36. The van der Waals surface area contributed by atoms with Gasteiger partial charge in [0.05, 0.1) is 7.11 Å². The standard InChI is InChI=1S/C13H16FN3OS.ClH/c1-8(16-6-10-7-17-13(15)19-10)11-5-9(14)3-4-12(11)18-2;/h3-5,7-8,16H,6H2,1-2H3,(H2,15,17);1H. The number of aromatic nitrogens is 1. The molecule has 20 heavy (non-hydrogen) atoms. The van der Waals surface area contributed by atoms with Crippen molar-refractivity contribution in [1.82, 2.24) is 10.3 Å². The first kappa shape index (κ1) is 16.7. The van der Waals surface area contributed by atoms with E-state index in [9.17, 15) is 4.39 Å². The van der Waals surface area contributed by atoms with Crippen LogP contribution >= 0.6 is 23.7 Å². The number of ether oxygens (including phenoxy) is 1. The van der Waals surface area contributed by atoms with Crippen LogP contribution in [0, 0.1) is 5.82 Å². The number of nitrogens with one attached hydrogen (secondary N) is 1. The highest BCUT2D eigenvalue weighted by molar-refractivity contribution is 7.15. The van der Waals surface area contributed by atoms with Crippen molar-refractivity contribution in [2.24, 2.45) is 0 Å². The topological polar surface area (TPSA) is 60.2 Å². The average Bonchev–Trinajstić information content (AvgIpc) is 2.81. The maximum absolute atomic E-state index is 13.3. The predicted molar refractivity (Wildman–Crippen MR) is 82.0 cm³/mol. The number of hydrogen-bond donors (Lipinski definition) is 2. The van der Waals surface area contributed by atoms with Crippen LogP contribution in [0.25, 0.3) is 0 Å². The molecule has 1 heterocycles. The van der Waals surface area contributed by atoms with Crippen LogP contribution in [-0.4, -0.2) is 12.1 Å². The number of nitrogens with two attached hydrogens (primary N) is 1. The van der Waals surface area contributed by atoms with Crippen LogP contribution in [0.2, 0.25) is 0 Å². The van der Waals surface area contributed by atoms with Crippen LogP contribution in [0.15, 0.2) is 24.4 Å². The van der Waals surface area contributed by atoms with Crippen LogP contribution in [0.1, 0.15) is 23.4 Å². The number of halogens is 2. The Hall–Kier alpha value is -1.37. The largest absolute Gasteiger partial charge is 0.496 e. The first-order valence-corrected chi connectivity index (χ1v) is 6.69. The molecule has 1 unspecified atom stereocenters. The van der Waals surface area contributed by atoms with Crippen molar-refractivity contribution in [3.63, 3.8) is 0 Å². The van der Waals surface area contributed by atoms with Crippen LogP contribution in [0.5, 0.6) is 5.75 Å². The lowest BCUT2D eigenvalue weighted by Crippen LogP contribution is -2.18. The minimum atomic E-state index is -0.272. The molecule has 2 rings (SSSR count). The molecule has 0 saturated carbocycles. The van der Waals surface area contributed by atoms with Gasteiger partial charge in [0.15, 0.2) is 5.13 Å². The Bertz CT molecular complexity index is 564. The molecule has 1 aromatic heterocycles. The summed E-state index contributed by atoms with van der Waals surface area (Å²) in [5, 5.41) is 3.85. The number of thiazole rings is 1. The van der Waals surface area contributed by atoms with Gasteiger partial charge >= 0.3 is 0 Å². The van der Waals surface area contributed by atoms with E-state index in [4.69, 9.17) is 10.5 Å². The summed E-state index contributed by atoms with van der Waals surface area (Å²) in [6.45, 7) is 2.59. The molecule has 1 aromatic carbocycles. The maximum atomic E-state index is 13.3. The van der Waals surface area contributed by atoms with E-state index >= 15 is 0 Å². The molecule has 0 bridgehead atoms. The second kappa shape index (κ2) is 7.42. The molecule has 0 aliphatic heterocycles. The van der Waals surface area contributed by atoms with Gasteiger partial charge in [-0.15, -0.1) is 23.7 Å². The van der Waals surface area contributed by atoms with Crippen molar-refractivity contribution >= 4 is 28.9 Å². The summed E-state index contributed by atoms with van der Waals surface area (Å²) in [7, 11) is 1.58. The zero-order chi connectivity index (χ0) is 13.8. The predicted octanol–water partition coefficient (Wildman–Crippen LogP) is 3.15. The Labute approximate surface area is 127 Å². The van der Waals surface area contributed by atoms with Gasteiger partial charge in [-0.3, -0.25) is 0 Å². The van der Waals surface area contributed by atoms with E-state index in [2.05, 4.69) is 10.3 Å². The van der Waals surface area contributed by atoms with Crippen LogP contribution in [0.3, 0.4) is 0 Å². The fourth-order valence-electron chi connectivity index (χ4n) is 1.81. The Balaban J connectivity index is 0.00000200. The van der Waals surface area contributed by atoms with Crippen molar-refractivity contribution in [3.05, 3.63) is 40.7 Å². The summed E-state index contributed by atoms with van der Waals surface area (Å²) < 4.78 is 18.5. The highest BCUT2D eigenvalue weighted by Crippen LogP contribution is 2.26. The van der Waals surface area contributed by atoms with Crippen molar-refractivity contribution in [1.29, 1.82) is 0 Å². The second-order valence-corrected chi connectivity index (χ2v) is 5.30. The van der Waals surface area contributed by atoms with Gasteiger partial charge in [-0.1, -0.05) is 0 Å². The summed E-state index contributed by atoms with van der Waals surface area (Å²) in [4.78, 5) is 5.03. The number of hydrogen-bond acceptors (Lipinski definition) is 5. The molecule has 7 heteroatoms. The minimum Gasteiger partial charge on any atom is -0.496 e. The summed E-state index contributed by atoms with van der Waals surface area (Å²) in [6.07, 6.45) is 1.74. The molecule has 0 fully saturated rings. The molecule has 0 amide bonds. The maximum Gasteiger partial charge on any atom is 0.180 e. The molecule has 3 N–H and O–H groups in total. The van der Waals surface area contributed by atoms with E-state index in [1.165, 1.54) is 23.5 Å². The first-order chi connectivity index (χ1) is 9.10. The molecule has 2 aromatic rings. The Morgan fingerprint density at radius 2 is 2.25 bits per heavy atom. The number of nitrogen functional groups attached to an aromatic ring is 1. The molecule has 110 valence electrons. The molecular formula is C13H17ClFN3OS. The van der Waals surface area contributed by atoms with Gasteiger partial charge in [0.2, 0.25) is 0 Å². The van der Waals surface area contributed by atoms with Gasteiger partial charge in [-0.2, -0.15) is 0 Å². The number of benzene rings is 1. The highest BCUT2D eigenvalue weighted by Gasteiger charge is 2.12. The van der Waals surface area contributed by atoms with Crippen molar-refractivity contribution in [2.75, 3.05) is 12.8 Å². The fourth-order valence-corrected chi connectivity index (χ4v) is 2.45. The van der Waals surface area contributed by atoms with Gasteiger partial charge in [-0.05, 0) is 25.1 Å². The number of nitrogens with zero attached hydrogens (tertiary/aromatic N) is 1. The lowest BCUT2D eigenvalue weighted by Gasteiger charge is -2.16. The van der Waals surface area contributed by atoms with E-state index in [0.29, 0.717) is 17.4 Å². The molecule has 0 saturated heterocycles. The first-order valence-electron chi connectivity index (χ1n) is 5.87. The summed E-state index contributed by atoms with van der Waals surface area (Å²) in [5.74, 6) is 0.400. The van der Waals surface area contributed by atoms with E-state index < -0.39 is 0 Å². The van der Waals surface area contributed by atoms with Gasteiger partial charge in [0.25, 0.3) is 0 Å². The zero-order valence-corrected chi connectivity index (χ0v) is 12.9. The molecule has 4 nitrogen and oxygen atoms in total. The lowest BCUT2D eigenvalue weighted by molar-refractivity contribution is 0.400. The minimum absolute atomic E-state index is 0. The average molecular weight is 318 g/mol. The third kappa shape index (κ3) is 4.06. The molecule has 0 aliphatic rings. The van der Waals surface area contributed by atoms with E-state index in [1.54, 1.807) is 19.4 Å².